The smallest absolute Gasteiger partial charge is 0.185 e. The Hall–Kier alpha value is -3.23. The molecule has 0 bridgehead atoms. The van der Waals surface area contributed by atoms with Gasteiger partial charge in [0.15, 0.2) is 5.78 Å². The molecule has 33 heavy (non-hydrogen) atoms. The third-order valence-corrected chi connectivity index (χ3v) is 6.11. The quantitative estimate of drug-likeness (QED) is 0.577. The normalized spacial score (nSPS) is 20.7. The van der Waals surface area contributed by atoms with Crippen LogP contribution < -0.4 is 10.6 Å². The molecule has 8 heteroatoms. The second-order valence-electron chi connectivity index (χ2n) is 8.60. The van der Waals surface area contributed by atoms with E-state index in [0.29, 0.717) is 24.2 Å². The number of pyridine rings is 2. The van der Waals surface area contributed by atoms with Gasteiger partial charge in [-0.3, -0.25) is 9.78 Å². The van der Waals surface area contributed by atoms with E-state index in [1.807, 2.05) is 13.0 Å². The molecule has 0 aliphatic carbocycles. The molecule has 1 aromatic carbocycles. The molecule has 172 valence electrons. The van der Waals surface area contributed by atoms with Gasteiger partial charge < -0.3 is 15.7 Å². The van der Waals surface area contributed by atoms with Gasteiger partial charge in [0.2, 0.25) is 0 Å². The molecule has 0 saturated carbocycles. The summed E-state index contributed by atoms with van der Waals surface area (Å²) < 4.78 is 28.7. The van der Waals surface area contributed by atoms with E-state index in [1.165, 1.54) is 6.07 Å². The highest BCUT2D eigenvalue weighted by atomic mass is 19.1. The molecule has 0 unspecified atom stereocenters. The lowest BCUT2D eigenvalue weighted by atomic mass is 9.92. The molecule has 3 atom stereocenters. The Bertz CT molecular complexity index is 1150. The molecule has 1 aliphatic rings. The number of aromatic nitrogens is 2. The van der Waals surface area contributed by atoms with Crippen LogP contribution in [0.4, 0.5) is 14.5 Å². The van der Waals surface area contributed by atoms with Crippen molar-refractivity contribution < 1.29 is 18.7 Å². The zero-order valence-electron chi connectivity index (χ0n) is 18.5. The van der Waals surface area contributed by atoms with Gasteiger partial charge in [-0.05, 0) is 36.8 Å². The second-order valence-corrected chi connectivity index (χ2v) is 8.60. The maximum atomic E-state index is 14.3. The molecule has 0 amide bonds. The van der Waals surface area contributed by atoms with Crippen molar-refractivity contribution in [2.75, 3.05) is 18.0 Å². The fourth-order valence-electron chi connectivity index (χ4n) is 4.30. The third-order valence-electron chi connectivity index (χ3n) is 6.11. The number of halogens is 2. The monoisotopic (exact) mass is 452 g/mol. The van der Waals surface area contributed by atoms with Gasteiger partial charge in [-0.15, -0.1) is 0 Å². The van der Waals surface area contributed by atoms with Crippen LogP contribution in [0.5, 0.6) is 0 Å². The number of ketones is 1. The summed E-state index contributed by atoms with van der Waals surface area (Å²) in [5.74, 6) is -1.79. The van der Waals surface area contributed by atoms with Gasteiger partial charge in [0.05, 0.1) is 17.4 Å². The Morgan fingerprint density at radius 1 is 1.18 bits per heavy atom. The van der Waals surface area contributed by atoms with E-state index in [1.54, 1.807) is 31.5 Å². The minimum absolute atomic E-state index is 0.0150. The highest BCUT2D eigenvalue weighted by molar-refractivity contribution is 5.97. The number of rotatable bonds is 5. The van der Waals surface area contributed by atoms with Gasteiger partial charge >= 0.3 is 0 Å². The molecule has 1 saturated heterocycles. The number of aliphatic hydroxyl groups excluding tert-OH is 1. The number of hydrogen-bond donors (Lipinski definition) is 2. The third kappa shape index (κ3) is 4.62. The lowest BCUT2D eigenvalue weighted by molar-refractivity contribution is 0.0784. The van der Waals surface area contributed by atoms with Gasteiger partial charge in [-0.2, -0.15) is 0 Å². The first-order valence-corrected chi connectivity index (χ1v) is 10.8. The number of hydrogen-bond acceptors (Lipinski definition) is 6. The zero-order valence-corrected chi connectivity index (χ0v) is 18.5. The number of aryl methyl sites for hydroxylation is 1. The maximum absolute atomic E-state index is 14.3. The lowest BCUT2D eigenvalue weighted by Crippen LogP contribution is -2.55. The number of Topliss-reactive ketones (excluding diaryl/α,β-unsaturated/α-hetero) is 1. The van der Waals surface area contributed by atoms with E-state index in [9.17, 15) is 18.7 Å². The summed E-state index contributed by atoms with van der Waals surface area (Å²) in [7, 11) is 0. The largest absolute Gasteiger partial charge is 0.391 e. The number of nitrogens with two attached hydrogens (primary N) is 1. The van der Waals surface area contributed by atoms with Crippen LogP contribution in [0, 0.1) is 24.5 Å². The van der Waals surface area contributed by atoms with Crippen molar-refractivity contribution in [3.05, 3.63) is 77.2 Å². The summed E-state index contributed by atoms with van der Waals surface area (Å²) in [6, 6.07) is 8.23. The van der Waals surface area contributed by atoms with Crippen molar-refractivity contribution in [1.82, 2.24) is 9.97 Å². The Labute approximate surface area is 191 Å². The molecular formula is C25H26F2N4O2. The van der Waals surface area contributed by atoms with Crippen LogP contribution in [-0.2, 0) is 6.42 Å². The standard InChI is InChI=1S/C25H26F2N4O2/c1-14-6-7-20(30-24(14)23-17(26)4-3-5-18(23)27)22(32)10-16-11-29-9-8-21(16)31-12-15(2)25(33)19(28)13-31/h3-9,11,15,19,25,33H,10,12-13,28H2,1-2H3/t15-,19+,25+/m0/s1. The minimum atomic E-state index is -0.734. The van der Waals surface area contributed by atoms with Crippen LogP contribution in [-0.4, -0.2) is 46.1 Å². The number of aliphatic hydroxyl groups is 1. The molecule has 1 aliphatic heterocycles. The van der Waals surface area contributed by atoms with Crippen molar-refractivity contribution in [2.24, 2.45) is 11.7 Å². The Balaban J connectivity index is 1.63. The summed E-state index contributed by atoms with van der Waals surface area (Å²) in [6.45, 7) is 4.68. The number of carbonyl (C=O) groups excluding carboxylic acids is 1. The SMILES string of the molecule is Cc1ccc(C(=O)Cc2cnccc2N2C[C@@H](N)[C@H](O)[C@@H](C)C2)nc1-c1c(F)cccc1F. The summed E-state index contributed by atoms with van der Waals surface area (Å²) in [5.41, 5.74) is 8.15. The van der Waals surface area contributed by atoms with E-state index in [2.05, 4.69) is 14.9 Å². The minimum Gasteiger partial charge on any atom is -0.391 e. The van der Waals surface area contributed by atoms with Crippen molar-refractivity contribution in [1.29, 1.82) is 0 Å². The van der Waals surface area contributed by atoms with Crippen LogP contribution in [0.3, 0.4) is 0 Å². The second kappa shape index (κ2) is 9.33. The van der Waals surface area contributed by atoms with Crippen LogP contribution in [0.1, 0.15) is 28.5 Å². The first-order chi connectivity index (χ1) is 15.8. The molecule has 0 radical (unpaired) electrons. The number of nitrogens with zero attached hydrogens (tertiary/aromatic N) is 3. The summed E-state index contributed by atoms with van der Waals surface area (Å²) in [4.78, 5) is 23.7. The predicted octanol–water partition coefficient (Wildman–Crippen LogP) is 3.30. The topological polar surface area (TPSA) is 92.3 Å². The van der Waals surface area contributed by atoms with Crippen LogP contribution in [0.25, 0.3) is 11.3 Å². The summed E-state index contributed by atoms with van der Waals surface area (Å²) in [5, 5.41) is 10.2. The highest BCUT2D eigenvalue weighted by Crippen LogP contribution is 2.29. The molecule has 4 rings (SSSR count). The zero-order chi connectivity index (χ0) is 23.7. The van der Waals surface area contributed by atoms with E-state index in [4.69, 9.17) is 5.73 Å². The number of carbonyl (C=O) groups is 1. The fraction of sp³-hybridized carbons (Fsp3) is 0.320. The molecule has 3 heterocycles. The van der Waals surface area contributed by atoms with E-state index >= 15 is 0 Å². The average Bonchev–Trinajstić information content (AvgIpc) is 2.78. The van der Waals surface area contributed by atoms with Gasteiger partial charge in [0, 0.05) is 55.1 Å². The Morgan fingerprint density at radius 3 is 2.61 bits per heavy atom. The number of benzene rings is 1. The van der Waals surface area contributed by atoms with Crippen LogP contribution in [0.15, 0.2) is 48.8 Å². The predicted molar refractivity (Wildman–Crippen MR) is 122 cm³/mol. The van der Waals surface area contributed by atoms with Gasteiger partial charge in [-0.1, -0.05) is 19.1 Å². The lowest BCUT2D eigenvalue weighted by Gasteiger charge is -2.40. The van der Waals surface area contributed by atoms with Gasteiger partial charge in [0.1, 0.15) is 17.3 Å². The van der Waals surface area contributed by atoms with E-state index in [0.717, 1.165) is 17.8 Å². The molecule has 3 N–H and O–H groups in total. The van der Waals surface area contributed by atoms with Crippen molar-refractivity contribution >= 4 is 11.5 Å². The average molecular weight is 453 g/mol. The van der Waals surface area contributed by atoms with E-state index in [-0.39, 0.29) is 35.1 Å². The van der Waals surface area contributed by atoms with Gasteiger partial charge in [0.25, 0.3) is 0 Å². The maximum Gasteiger partial charge on any atom is 0.185 e. The van der Waals surface area contributed by atoms with Gasteiger partial charge in [-0.25, -0.2) is 13.8 Å². The number of piperidine rings is 1. The molecule has 1 fully saturated rings. The molecular weight excluding hydrogens is 426 g/mol. The molecule has 0 spiro atoms. The first-order valence-electron chi connectivity index (χ1n) is 10.8. The molecule has 3 aromatic rings. The molecule has 2 aromatic heterocycles. The first kappa shape index (κ1) is 22.9. The molecule has 6 nitrogen and oxygen atoms in total. The van der Waals surface area contributed by atoms with Crippen LogP contribution >= 0.6 is 0 Å². The van der Waals surface area contributed by atoms with Crippen molar-refractivity contribution in [2.45, 2.75) is 32.4 Å². The highest BCUT2D eigenvalue weighted by Gasteiger charge is 2.32. The van der Waals surface area contributed by atoms with Crippen molar-refractivity contribution in [3.63, 3.8) is 0 Å². The van der Waals surface area contributed by atoms with E-state index < -0.39 is 23.8 Å². The number of anilines is 1. The summed E-state index contributed by atoms with van der Waals surface area (Å²) in [6.07, 6.45) is 2.71. The summed E-state index contributed by atoms with van der Waals surface area (Å²) >= 11 is 0. The van der Waals surface area contributed by atoms with Crippen LogP contribution in [0.2, 0.25) is 0 Å². The Morgan fingerprint density at radius 2 is 1.91 bits per heavy atom. The Kier molecular flexibility index (Phi) is 6.49. The van der Waals surface area contributed by atoms with Crippen molar-refractivity contribution in [3.8, 4) is 11.3 Å². The fourth-order valence-corrected chi connectivity index (χ4v) is 4.30.